The Morgan fingerprint density at radius 3 is 2.09 bits per heavy atom. The number of hydrogen-bond donors (Lipinski definition) is 1. The monoisotopic (exact) mass is 612 g/mol. The number of nitro benzene ring substituents is 1. The molecule has 0 aromatic heterocycles. The zero-order valence-corrected chi connectivity index (χ0v) is 25.6. The molecule has 0 heterocycles. The van der Waals surface area contributed by atoms with Gasteiger partial charge in [0.1, 0.15) is 24.1 Å². The third kappa shape index (κ3) is 8.01. The highest BCUT2D eigenvalue weighted by Gasteiger charge is 2.33. The quantitative estimate of drug-likeness (QED) is 0.212. The maximum absolute atomic E-state index is 14.0. The summed E-state index contributed by atoms with van der Waals surface area (Å²) < 4.78 is 39.3. The van der Waals surface area contributed by atoms with Crippen LogP contribution < -0.4 is 19.1 Å². The molecule has 1 atom stereocenters. The SMILES string of the molecule is CCCNC(=O)[C@H](C)N(Cc1ccc(OC)cc1)C(=O)CN(c1ccc(OC)cc1)S(=O)(=O)c1ccc(C)c([N+](=O)[O-])c1. The van der Waals surface area contributed by atoms with E-state index in [2.05, 4.69) is 5.32 Å². The molecule has 0 unspecified atom stereocenters. The zero-order valence-electron chi connectivity index (χ0n) is 24.8. The number of carbonyl (C=O) groups is 2. The van der Waals surface area contributed by atoms with Crippen LogP contribution in [-0.2, 0) is 26.2 Å². The van der Waals surface area contributed by atoms with Gasteiger partial charge in [0.15, 0.2) is 0 Å². The van der Waals surface area contributed by atoms with Crippen LogP contribution in [0.2, 0.25) is 0 Å². The first-order chi connectivity index (χ1) is 20.4. The number of rotatable bonds is 14. The summed E-state index contributed by atoms with van der Waals surface area (Å²) >= 11 is 0. The van der Waals surface area contributed by atoms with Gasteiger partial charge in [0.25, 0.3) is 15.7 Å². The number of amides is 2. The van der Waals surface area contributed by atoms with Crippen molar-refractivity contribution in [3.05, 3.63) is 88.0 Å². The molecule has 0 bridgehead atoms. The molecule has 0 fully saturated rings. The zero-order chi connectivity index (χ0) is 31.7. The third-order valence-electron chi connectivity index (χ3n) is 6.83. The Labute approximate surface area is 251 Å². The number of sulfonamides is 1. The average molecular weight is 613 g/mol. The molecule has 13 heteroatoms. The molecule has 2 amide bonds. The van der Waals surface area contributed by atoms with E-state index in [4.69, 9.17) is 9.47 Å². The molecule has 1 N–H and O–H groups in total. The summed E-state index contributed by atoms with van der Waals surface area (Å²) in [7, 11) is -1.51. The van der Waals surface area contributed by atoms with E-state index in [1.807, 2.05) is 6.92 Å². The first kappa shape index (κ1) is 32.9. The van der Waals surface area contributed by atoms with Crippen LogP contribution in [-0.4, -0.2) is 63.4 Å². The molecule has 3 aromatic carbocycles. The van der Waals surface area contributed by atoms with Crippen molar-refractivity contribution in [1.82, 2.24) is 10.2 Å². The van der Waals surface area contributed by atoms with Crippen LogP contribution in [0.4, 0.5) is 11.4 Å². The molecule has 0 saturated heterocycles. The van der Waals surface area contributed by atoms with Crippen LogP contribution in [0.5, 0.6) is 11.5 Å². The van der Waals surface area contributed by atoms with E-state index in [9.17, 15) is 28.1 Å². The van der Waals surface area contributed by atoms with Crippen LogP contribution in [0.3, 0.4) is 0 Å². The van der Waals surface area contributed by atoms with E-state index in [0.717, 1.165) is 10.4 Å². The van der Waals surface area contributed by atoms with E-state index < -0.39 is 39.3 Å². The van der Waals surface area contributed by atoms with Gasteiger partial charge >= 0.3 is 0 Å². The van der Waals surface area contributed by atoms with Gasteiger partial charge < -0.3 is 19.7 Å². The predicted molar refractivity (Wildman–Crippen MR) is 162 cm³/mol. The molecule has 0 spiro atoms. The fourth-order valence-electron chi connectivity index (χ4n) is 4.26. The lowest BCUT2D eigenvalue weighted by Gasteiger charge is -2.32. The lowest BCUT2D eigenvalue weighted by molar-refractivity contribution is -0.385. The molecule has 0 radical (unpaired) electrons. The van der Waals surface area contributed by atoms with Gasteiger partial charge in [0.2, 0.25) is 11.8 Å². The van der Waals surface area contributed by atoms with E-state index in [0.29, 0.717) is 30.0 Å². The number of nitrogens with zero attached hydrogens (tertiary/aromatic N) is 3. The van der Waals surface area contributed by atoms with Crippen molar-refractivity contribution < 1.29 is 32.4 Å². The number of anilines is 1. The number of carbonyl (C=O) groups excluding carboxylic acids is 2. The summed E-state index contributed by atoms with van der Waals surface area (Å²) in [6.45, 7) is 4.71. The minimum absolute atomic E-state index is 0.00996. The highest BCUT2D eigenvalue weighted by atomic mass is 32.2. The predicted octanol–water partition coefficient (Wildman–Crippen LogP) is 4.06. The van der Waals surface area contributed by atoms with E-state index in [-0.39, 0.29) is 28.4 Å². The molecule has 3 rings (SSSR count). The van der Waals surface area contributed by atoms with Crippen LogP contribution in [0.15, 0.2) is 71.6 Å². The Balaban J connectivity index is 2.07. The van der Waals surface area contributed by atoms with Crippen LogP contribution in [0, 0.1) is 17.0 Å². The Kier molecular flexibility index (Phi) is 11.1. The first-order valence-electron chi connectivity index (χ1n) is 13.5. The summed E-state index contributed by atoms with van der Waals surface area (Å²) in [5, 5.41) is 14.4. The molecular formula is C30H36N4O8S. The molecule has 0 aliphatic rings. The lowest BCUT2D eigenvalue weighted by atomic mass is 10.1. The second kappa shape index (κ2) is 14.5. The number of nitro groups is 1. The summed E-state index contributed by atoms with van der Waals surface area (Å²) in [6.07, 6.45) is 0.692. The van der Waals surface area contributed by atoms with Crippen LogP contribution >= 0.6 is 0 Å². The molecule has 43 heavy (non-hydrogen) atoms. The summed E-state index contributed by atoms with van der Waals surface area (Å²) in [6, 6.07) is 15.6. The molecule has 0 aliphatic carbocycles. The Hall–Kier alpha value is -4.65. The standard InChI is InChI=1S/C30H36N4O8S/c1-6-17-31-30(36)22(3)32(19-23-8-12-25(41-4)13-9-23)29(35)20-33(24-10-14-26(42-5)15-11-24)43(39,40)27-16-7-21(2)28(18-27)34(37)38/h7-16,18,22H,6,17,19-20H2,1-5H3,(H,31,36)/t22-/m0/s1. The number of benzene rings is 3. The third-order valence-corrected chi connectivity index (χ3v) is 8.60. The highest BCUT2D eigenvalue weighted by Crippen LogP contribution is 2.29. The van der Waals surface area contributed by atoms with Gasteiger partial charge in [-0.15, -0.1) is 0 Å². The topological polar surface area (TPSA) is 148 Å². The van der Waals surface area contributed by atoms with Gasteiger partial charge in [0, 0.05) is 24.7 Å². The van der Waals surface area contributed by atoms with Gasteiger partial charge in [-0.1, -0.05) is 25.1 Å². The molecule has 3 aromatic rings. The molecule has 0 aliphatic heterocycles. The van der Waals surface area contributed by atoms with E-state index in [1.54, 1.807) is 31.2 Å². The van der Waals surface area contributed by atoms with Crippen molar-refractivity contribution in [1.29, 1.82) is 0 Å². The lowest BCUT2D eigenvalue weighted by Crippen LogP contribution is -2.51. The smallest absolute Gasteiger partial charge is 0.273 e. The number of aryl methyl sites for hydroxylation is 1. The van der Waals surface area contributed by atoms with Gasteiger partial charge in [-0.3, -0.25) is 24.0 Å². The second-order valence-electron chi connectivity index (χ2n) is 9.75. The highest BCUT2D eigenvalue weighted by molar-refractivity contribution is 7.92. The van der Waals surface area contributed by atoms with Crippen molar-refractivity contribution in [3.63, 3.8) is 0 Å². The van der Waals surface area contributed by atoms with Crippen molar-refractivity contribution in [3.8, 4) is 11.5 Å². The summed E-state index contributed by atoms with van der Waals surface area (Å²) in [5.41, 5.74) is 0.736. The van der Waals surface area contributed by atoms with Gasteiger partial charge in [-0.05, 0) is 68.3 Å². The first-order valence-corrected chi connectivity index (χ1v) is 15.0. The average Bonchev–Trinajstić information content (AvgIpc) is 3.01. The summed E-state index contributed by atoms with van der Waals surface area (Å²) in [4.78, 5) is 38.8. The maximum Gasteiger partial charge on any atom is 0.273 e. The molecular weight excluding hydrogens is 576 g/mol. The van der Waals surface area contributed by atoms with Crippen molar-refractivity contribution >= 4 is 33.2 Å². The number of hydrogen-bond acceptors (Lipinski definition) is 8. The number of methoxy groups -OCH3 is 2. The summed E-state index contributed by atoms with van der Waals surface area (Å²) in [5.74, 6) is 0.0211. The fourth-order valence-corrected chi connectivity index (χ4v) is 5.69. The van der Waals surface area contributed by atoms with Gasteiger partial charge in [0.05, 0.1) is 29.7 Å². The van der Waals surface area contributed by atoms with Crippen LogP contribution in [0.25, 0.3) is 0 Å². The molecule has 0 saturated carbocycles. The molecule has 230 valence electrons. The van der Waals surface area contributed by atoms with Crippen LogP contribution in [0.1, 0.15) is 31.4 Å². The van der Waals surface area contributed by atoms with Gasteiger partial charge in [-0.25, -0.2) is 8.42 Å². The minimum Gasteiger partial charge on any atom is -0.497 e. The fraction of sp³-hybridized carbons (Fsp3) is 0.333. The van der Waals surface area contributed by atoms with E-state index >= 15 is 0 Å². The van der Waals surface area contributed by atoms with Crippen molar-refractivity contribution in [2.24, 2.45) is 0 Å². The van der Waals surface area contributed by atoms with Crippen molar-refractivity contribution in [2.45, 2.75) is 44.7 Å². The Morgan fingerprint density at radius 2 is 1.56 bits per heavy atom. The number of nitrogens with one attached hydrogen (secondary N) is 1. The number of ether oxygens (including phenoxy) is 2. The largest absolute Gasteiger partial charge is 0.497 e. The Bertz CT molecular complexity index is 1540. The Morgan fingerprint density at radius 1 is 0.977 bits per heavy atom. The van der Waals surface area contributed by atoms with E-state index in [1.165, 1.54) is 62.4 Å². The second-order valence-corrected chi connectivity index (χ2v) is 11.6. The van der Waals surface area contributed by atoms with Gasteiger partial charge in [-0.2, -0.15) is 0 Å². The normalized spacial score (nSPS) is 11.7. The molecule has 12 nitrogen and oxygen atoms in total. The maximum atomic E-state index is 14.0. The van der Waals surface area contributed by atoms with Crippen molar-refractivity contribution in [2.75, 3.05) is 31.6 Å². The minimum atomic E-state index is -4.49.